The van der Waals surface area contributed by atoms with E-state index in [9.17, 15) is 9.18 Å². The summed E-state index contributed by atoms with van der Waals surface area (Å²) in [6.07, 6.45) is 9.99. The number of rotatable bonds is 10. The lowest BCUT2D eigenvalue weighted by molar-refractivity contribution is -0.215. The van der Waals surface area contributed by atoms with E-state index in [0.717, 1.165) is 72.7 Å². The Morgan fingerprint density at radius 2 is 1.76 bits per heavy atom. The SMILES string of the molecule is COCc1ccc(-c2cccc(N(CC34CCC(c5nc(C(C)C)no5)(CC3)CC4)C(=O)CC34CC(F)(C3)C4)c2)cn1. The first kappa shape index (κ1) is 27.7. The van der Waals surface area contributed by atoms with Crippen molar-refractivity contribution in [1.82, 2.24) is 15.1 Å². The number of aromatic nitrogens is 3. The van der Waals surface area contributed by atoms with Gasteiger partial charge in [0.25, 0.3) is 0 Å². The van der Waals surface area contributed by atoms with Crippen LogP contribution in [0.25, 0.3) is 11.1 Å². The lowest BCUT2D eigenvalue weighted by Crippen LogP contribution is -2.65. The summed E-state index contributed by atoms with van der Waals surface area (Å²) in [7, 11) is 1.66. The number of alkyl halides is 1. The number of amides is 1. The fraction of sp³-hybridized carbons (Fsp3) is 0.588. The van der Waals surface area contributed by atoms with E-state index in [1.807, 2.05) is 29.3 Å². The zero-order valence-corrected chi connectivity index (χ0v) is 25.0. The fourth-order valence-electron chi connectivity index (χ4n) is 8.31. The molecular weight excluding hydrogens is 531 g/mol. The van der Waals surface area contributed by atoms with Gasteiger partial charge in [-0.05, 0) is 92.4 Å². The first-order valence-corrected chi connectivity index (χ1v) is 15.5. The summed E-state index contributed by atoms with van der Waals surface area (Å²) in [5.41, 5.74) is 2.68. The molecule has 0 atom stereocenters. The first-order valence-electron chi connectivity index (χ1n) is 15.5. The normalized spacial score (nSPS) is 31.1. The molecule has 2 aromatic heterocycles. The number of anilines is 1. The Bertz CT molecular complexity index is 1440. The van der Waals surface area contributed by atoms with Crippen LogP contribution < -0.4 is 4.90 Å². The number of ether oxygens (including phenoxy) is 1. The average Bonchev–Trinajstić information content (AvgIpc) is 3.48. The molecule has 2 heterocycles. The van der Waals surface area contributed by atoms with Crippen molar-refractivity contribution >= 4 is 11.6 Å². The number of fused-ring (bicyclic) bond motifs is 3. The second kappa shape index (κ2) is 9.97. The molecule has 6 aliphatic rings. The van der Waals surface area contributed by atoms with Crippen molar-refractivity contribution in [1.29, 1.82) is 0 Å². The summed E-state index contributed by atoms with van der Waals surface area (Å²) in [6.45, 7) is 5.34. The van der Waals surface area contributed by atoms with E-state index in [2.05, 4.69) is 42.2 Å². The van der Waals surface area contributed by atoms with E-state index in [1.54, 1.807) is 7.11 Å². The minimum atomic E-state index is -1.01. The van der Waals surface area contributed by atoms with Crippen LogP contribution in [0.1, 0.15) is 101 Å². The largest absolute Gasteiger partial charge is 0.378 e. The number of halogens is 1. The second-order valence-corrected chi connectivity index (χ2v) is 14.3. The van der Waals surface area contributed by atoms with Gasteiger partial charge in [-0.3, -0.25) is 9.78 Å². The van der Waals surface area contributed by atoms with Crippen molar-refractivity contribution in [2.24, 2.45) is 10.8 Å². The molecule has 0 radical (unpaired) electrons. The van der Waals surface area contributed by atoms with Gasteiger partial charge in [0, 0.05) is 48.9 Å². The predicted molar refractivity (Wildman–Crippen MR) is 158 cm³/mol. The van der Waals surface area contributed by atoms with Crippen molar-refractivity contribution in [3.63, 3.8) is 0 Å². The summed E-state index contributed by atoms with van der Waals surface area (Å²) in [5, 5.41) is 4.26. The summed E-state index contributed by atoms with van der Waals surface area (Å²) < 4.78 is 25.4. The molecule has 7 nitrogen and oxygen atoms in total. The maximum absolute atomic E-state index is 14.4. The molecule has 3 aromatic rings. The molecule has 0 aliphatic heterocycles. The van der Waals surface area contributed by atoms with E-state index < -0.39 is 5.67 Å². The van der Waals surface area contributed by atoms with Crippen LogP contribution in [0.3, 0.4) is 0 Å². The molecule has 6 saturated carbocycles. The van der Waals surface area contributed by atoms with Gasteiger partial charge in [-0.1, -0.05) is 37.2 Å². The molecule has 8 heteroatoms. The lowest BCUT2D eigenvalue weighted by atomic mass is 9.41. The van der Waals surface area contributed by atoms with Crippen LogP contribution in [0, 0.1) is 10.8 Å². The highest BCUT2D eigenvalue weighted by molar-refractivity contribution is 5.95. The molecule has 0 unspecified atom stereocenters. The van der Waals surface area contributed by atoms with Gasteiger partial charge < -0.3 is 14.2 Å². The van der Waals surface area contributed by atoms with Crippen molar-refractivity contribution in [2.45, 2.75) is 102 Å². The third kappa shape index (κ3) is 4.76. The highest BCUT2D eigenvalue weighted by Crippen LogP contribution is 2.71. The highest BCUT2D eigenvalue weighted by atomic mass is 19.1. The van der Waals surface area contributed by atoms with Gasteiger partial charge >= 0.3 is 0 Å². The Morgan fingerprint density at radius 3 is 2.36 bits per heavy atom. The number of nitrogens with zero attached hydrogens (tertiary/aromatic N) is 4. The number of carbonyl (C=O) groups is 1. The van der Waals surface area contributed by atoms with Gasteiger partial charge in [-0.25, -0.2) is 4.39 Å². The topological polar surface area (TPSA) is 81.4 Å². The van der Waals surface area contributed by atoms with Gasteiger partial charge in [0.2, 0.25) is 11.8 Å². The van der Waals surface area contributed by atoms with Gasteiger partial charge in [-0.15, -0.1) is 0 Å². The maximum Gasteiger partial charge on any atom is 0.232 e. The molecule has 0 spiro atoms. The molecule has 1 amide bonds. The summed E-state index contributed by atoms with van der Waals surface area (Å²) in [5.74, 6) is 1.95. The third-order valence-electron chi connectivity index (χ3n) is 10.8. The minimum absolute atomic E-state index is 0.0418. The molecule has 4 bridgehead atoms. The quantitative estimate of drug-likeness (QED) is 0.253. The standard InChI is InChI=1S/C34H41FN4O3/c1-23(2)29-37-30(42-38-29)33-12-9-31(10-13-33,11-14-33)22-39(28(40)16-32-19-34(35,20-32)21-32)27-6-4-5-24(15-27)25-7-8-26(18-41-3)36-17-25/h4-8,15,17,23H,9-14,16,18-22H2,1-3H3. The summed E-state index contributed by atoms with van der Waals surface area (Å²) in [6, 6.07) is 12.3. The van der Waals surface area contributed by atoms with Crippen molar-refractivity contribution < 1.29 is 18.4 Å². The Hall–Kier alpha value is -3.13. The molecule has 0 saturated heterocycles. The fourth-order valence-corrected chi connectivity index (χ4v) is 8.31. The van der Waals surface area contributed by atoms with Crippen molar-refractivity contribution in [2.75, 3.05) is 18.6 Å². The minimum Gasteiger partial charge on any atom is -0.378 e. The predicted octanol–water partition coefficient (Wildman–Crippen LogP) is 7.31. The van der Waals surface area contributed by atoms with Crippen LogP contribution in [0.15, 0.2) is 47.1 Å². The molecule has 42 heavy (non-hydrogen) atoms. The van der Waals surface area contributed by atoms with Crippen LogP contribution in [0.2, 0.25) is 0 Å². The molecule has 1 aromatic carbocycles. The second-order valence-electron chi connectivity index (χ2n) is 14.3. The lowest BCUT2D eigenvalue weighted by Gasteiger charge is -2.66. The van der Waals surface area contributed by atoms with E-state index in [-0.39, 0.29) is 28.1 Å². The third-order valence-corrected chi connectivity index (χ3v) is 10.8. The number of pyridine rings is 1. The average molecular weight is 573 g/mol. The van der Waals surface area contributed by atoms with Gasteiger partial charge in [-0.2, -0.15) is 4.98 Å². The molecule has 222 valence electrons. The smallest absolute Gasteiger partial charge is 0.232 e. The molecule has 0 N–H and O–H groups in total. The van der Waals surface area contributed by atoms with Crippen LogP contribution >= 0.6 is 0 Å². The Balaban J connectivity index is 1.13. The highest BCUT2D eigenvalue weighted by Gasteiger charge is 2.69. The number of methoxy groups -OCH3 is 1. The number of carbonyl (C=O) groups excluding carboxylic acids is 1. The Labute approximate surface area is 247 Å². The van der Waals surface area contributed by atoms with Crippen LogP contribution in [-0.2, 0) is 21.6 Å². The number of hydrogen-bond donors (Lipinski definition) is 0. The van der Waals surface area contributed by atoms with Crippen LogP contribution in [-0.4, -0.2) is 40.4 Å². The van der Waals surface area contributed by atoms with Crippen LogP contribution in [0.4, 0.5) is 10.1 Å². The Kier molecular flexibility index (Phi) is 6.57. The molecule has 9 rings (SSSR count). The summed E-state index contributed by atoms with van der Waals surface area (Å²) >= 11 is 0. The monoisotopic (exact) mass is 572 g/mol. The zero-order chi connectivity index (χ0) is 29.2. The van der Waals surface area contributed by atoms with Gasteiger partial charge in [0.05, 0.1) is 12.3 Å². The number of hydrogen-bond acceptors (Lipinski definition) is 6. The zero-order valence-electron chi connectivity index (χ0n) is 25.0. The summed E-state index contributed by atoms with van der Waals surface area (Å²) in [4.78, 5) is 25.5. The van der Waals surface area contributed by atoms with Gasteiger partial charge in [0.1, 0.15) is 5.67 Å². The Morgan fingerprint density at radius 1 is 1.02 bits per heavy atom. The number of benzene rings is 1. The van der Waals surface area contributed by atoms with E-state index in [1.165, 1.54) is 0 Å². The van der Waals surface area contributed by atoms with Crippen molar-refractivity contribution in [3.8, 4) is 11.1 Å². The first-order chi connectivity index (χ1) is 20.1. The molecule has 6 aliphatic carbocycles. The van der Waals surface area contributed by atoms with E-state index >= 15 is 0 Å². The molecule has 6 fully saturated rings. The van der Waals surface area contributed by atoms with E-state index in [4.69, 9.17) is 14.2 Å². The van der Waals surface area contributed by atoms with Crippen molar-refractivity contribution in [3.05, 3.63) is 60.0 Å². The maximum atomic E-state index is 14.4. The van der Waals surface area contributed by atoms with Gasteiger partial charge in [0.15, 0.2) is 5.82 Å². The molecular formula is C34H41FN4O3. The van der Waals surface area contributed by atoms with Crippen LogP contribution in [0.5, 0.6) is 0 Å². The van der Waals surface area contributed by atoms with E-state index in [0.29, 0.717) is 38.8 Å².